The van der Waals surface area contributed by atoms with Gasteiger partial charge in [0.2, 0.25) is 5.88 Å². The first-order valence-corrected chi connectivity index (χ1v) is 10.5. The van der Waals surface area contributed by atoms with Gasteiger partial charge in [-0.25, -0.2) is 0 Å². The zero-order chi connectivity index (χ0) is 22.0. The normalized spacial score (nSPS) is 11.3. The van der Waals surface area contributed by atoms with E-state index in [1.54, 1.807) is 41.9 Å². The lowest BCUT2D eigenvalue weighted by Gasteiger charge is -2.10. The summed E-state index contributed by atoms with van der Waals surface area (Å²) in [6, 6.07) is 19.6. The van der Waals surface area contributed by atoms with Crippen molar-refractivity contribution in [1.82, 2.24) is 4.57 Å². The van der Waals surface area contributed by atoms with Gasteiger partial charge in [-0.1, -0.05) is 57.9 Å². The smallest absolute Gasteiger partial charge is 0.299 e. The number of fused-ring (bicyclic) bond motifs is 1. The van der Waals surface area contributed by atoms with Gasteiger partial charge in [0.05, 0.1) is 11.1 Å². The van der Waals surface area contributed by atoms with Crippen LogP contribution >= 0.6 is 27.5 Å². The Hall–Kier alpha value is -3.16. The highest BCUT2D eigenvalue weighted by molar-refractivity contribution is 9.10. The molecule has 0 aliphatic carbocycles. The molecule has 3 aromatic carbocycles. The maximum Gasteiger partial charge on any atom is 0.299 e. The number of aromatic nitrogens is 1. The summed E-state index contributed by atoms with van der Waals surface area (Å²) >= 11 is 9.59. The molecule has 0 fully saturated rings. The van der Waals surface area contributed by atoms with Gasteiger partial charge in [-0.2, -0.15) is 0 Å². The van der Waals surface area contributed by atoms with Gasteiger partial charge >= 0.3 is 0 Å². The lowest BCUT2D eigenvalue weighted by Crippen LogP contribution is -2.02. The highest BCUT2D eigenvalue weighted by Gasteiger charge is 2.17. The minimum Gasteiger partial charge on any atom is -0.493 e. The third-order valence-electron chi connectivity index (χ3n) is 4.80. The largest absolute Gasteiger partial charge is 0.493 e. The molecule has 6 nitrogen and oxygen atoms in total. The molecule has 1 aromatic heterocycles. The fraction of sp³-hybridized carbons (Fsp3) is 0.0870. The molecule has 0 atom stereocenters. The maximum atomic E-state index is 12.8. The Balaban J connectivity index is 1.61. The SMILES string of the molecule is Cn1c(O)c(N=NC(=O)c2ccccc2OCc2ccccc2Cl)c2cc(Br)ccc21. The minimum atomic E-state index is -0.582. The first kappa shape index (κ1) is 21.1. The van der Waals surface area contributed by atoms with Crippen molar-refractivity contribution in [2.75, 3.05) is 0 Å². The van der Waals surface area contributed by atoms with E-state index in [2.05, 4.69) is 26.2 Å². The van der Waals surface area contributed by atoms with Crippen LogP contribution in [-0.4, -0.2) is 15.6 Å². The van der Waals surface area contributed by atoms with E-state index in [-0.39, 0.29) is 23.7 Å². The second-order valence-corrected chi connectivity index (χ2v) is 8.10. The summed E-state index contributed by atoms with van der Waals surface area (Å²) in [5.74, 6) is -0.287. The quantitative estimate of drug-likeness (QED) is 0.307. The number of benzene rings is 3. The topological polar surface area (TPSA) is 76.2 Å². The zero-order valence-electron chi connectivity index (χ0n) is 16.4. The number of hydrogen-bond donors (Lipinski definition) is 1. The second kappa shape index (κ2) is 8.91. The van der Waals surface area contributed by atoms with E-state index in [0.29, 0.717) is 16.2 Å². The van der Waals surface area contributed by atoms with E-state index < -0.39 is 5.91 Å². The molecule has 0 bridgehead atoms. The molecule has 0 saturated carbocycles. The standard InChI is InChI=1S/C23H17BrClN3O3/c1-28-19-11-10-15(24)12-17(19)21(23(28)30)26-27-22(29)16-7-3-5-9-20(16)31-13-14-6-2-4-8-18(14)25/h2-12,30H,13H2,1H3. The predicted molar refractivity (Wildman–Crippen MR) is 123 cm³/mol. The number of amides is 1. The molecule has 156 valence electrons. The molecule has 1 amide bonds. The summed E-state index contributed by atoms with van der Waals surface area (Å²) in [6.07, 6.45) is 0. The molecule has 4 rings (SSSR count). The Morgan fingerprint density at radius 1 is 1.13 bits per heavy atom. The highest BCUT2D eigenvalue weighted by atomic mass is 79.9. The molecular weight excluding hydrogens is 482 g/mol. The molecule has 1 heterocycles. The Morgan fingerprint density at radius 2 is 1.87 bits per heavy atom. The molecule has 0 unspecified atom stereocenters. The van der Waals surface area contributed by atoms with Gasteiger partial charge in [0.25, 0.3) is 5.91 Å². The third kappa shape index (κ3) is 4.33. The van der Waals surface area contributed by atoms with Crippen LogP contribution in [0.5, 0.6) is 11.6 Å². The number of aryl methyl sites for hydroxylation is 1. The molecule has 31 heavy (non-hydrogen) atoms. The lowest BCUT2D eigenvalue weighted by molar-refractivity contribution is 0.0990. The Labute approximate surface area is 191 Å². The first-order chi connectivity index (χ1) is 15.0. The average Bonchev–Trinajstić information content (AvgIpc) is 3.01. The third-order valence-corrected chi connectivity index (χ3v) is 5.67. The molecule has 0 aliphatic heterocycles. The molecule has 1 N–H and O–H groups in total. The average molecular weight is 499 g/mol. The van der Waals surface area contributed by atoms with E-state index in [0.717, 1.165) is 15.6 Å². The van der Waals surface area contributed by atoms with Crippen LogP contribution in [0.25, 0.3) is 10.9 Å². The number of ether oxygens (including phenoxy) is 1. The van der Waals surface area contributed by atoms with E-state index >= 15 is 0 Å². The minimum absolute atomic E-state index is 0.0760. The van der Waals surface area contributed by atoms with Crippen molar-refractivity contribution in [3.05, 3.63) is 87.4 Å². The molecule has 8 heteroatoms. The van der Waals surface area contributed by atoms with Crippen LogP contribution in [0, 0.1) is 0 Å². The summed E-state index contributed by atoms with van der Waals surface area (Å²) in [6.45, 7) is 0.208. The van der Waals surface area contributed by atoms with Gasteiger partial charge in [-0.15, -0.1) is 10.2 Å². The monoisotopic (exact) mass is 497 g/mol. The number of halogens is 2. The van der Waals surface area contributed by atoms with E-state index in [1.165, 1.54) is 0 Å². The first-order valence-electron chi connectivity index (χ1n) is 9.34. The van der Waals surface area contributed by atoms with Gasteiger partial charge in [0.1, 0.15) is 12.4 Å². The number of aromatic hydroxyl groups is 1. The Morgan fingerprint density at radius 3 is 2.68 bits per heavy atom. The van der Waals surface area contributed by atoms with Crippen molar-refractivity contribution in [2.24, 2.45) is 17.3 Å². The number of carbonyl (C=O) groups is 1. The predicted octanol–water partition coefficient (Wildman–Crippen LogP) is 6.80. The van der Waals surface area contributed by atoms with Crippen LogP contribution in [0.3, 0.4) is 0 Å². The van der Waals surface area contributed by atoms with Gasteiger partial charge in [0.15, 0.2) is 5.69 Å². The number of azo groups is 1. The van der Waals surface area contributed by atoms with Crippen LogP contribution in [-0.2, 0) is 13.7 Å². The summed E-state index contributed by atoms with van der Waals surface area (Å²) in [7, 11) is 1.71. The number of para-hydroxylation sites is 1. The number of hydrogen-bond acceptors (Lipinski definition) is 4. The van der Waals surface area contributed by atoms with Crippen molar-refractivity contribution in [1.29, 1.82) is 0 Å². The van der Waals surface area contributed by atoms with Crippen molar-refractivity contribution >= 4 is 50.0 Å². The lowest BCUT2D eigenvalue weighted by atomic mass is 10.2. The molecule has 4 aromatic rings. The van der Waals surface area contributed by atoms with Crippen LogP contribution in [0.4, 0.5) is 5.69 Å². The number of nitrogens with zero attached hydrogens (tertiary/aromatic N) is 3. The van der Waals surface area contributed by atoms with Crippen molar-refractivity contribution < 1.29 is 14.6 Å². The van der Waals surface area contributed by atoms with E-state index in [9.17, 15) is 9.90 Å². The number of carbonyl (C=O) groups excluding carboxylic acids is 1. The zero-order valence-corrected chi connectivity index (χ0v) is 18.8. The Kier molecular flexibility index (Phi) is 6.06. The van der Waals surface area contributed by atoms with Crippen LogP contribution in [0.1, 0.15) is 15.9 Å². The maximum absolute atomic E-state index is 12.8. The molecule has 0 aliphatic rings. The van der Waals surface area contributed by atoms with Gasteiger partial charge in [-0.3, -0.25) is 4.79 Å². The van der Waals surface area contributed by atoms with Crippen molar-refractivity contribution in [3.8, 4) is 11.6 Å². The summed E-state index contributed by atoms with van der Waals surface area (Å²) in [4.78, 5) is 12.8. The number of rotatable bonds is 5. The fourth-order valence-corrected chi connectivity index (χ4v) is 3.72. The molecular formula is C23H17BrClN3O3. The Bertz CT molecular complexity index is 1320. The fourth-order valence-electron chi connectivity index (χ4n) is 3.17. The summed E-state index contributed by atoms with van der Waals surface area (Å²) in [5, 5.41) is 19.6. The van der Waals surface area contributed by atoms with Crippen molar-refractivity contribution in [2.45, 2.75) is 6.61 Å². The van der Waals surface area contributed by atoms with Gasteiger partial charge < -0.3 is 14.4 Å². The summed E-state index contributed by atoms with van der Waals surface area (Å²) < 4.78 is 8.23. The summed E-state index contributed by atoms with van der Waals surface area (Å²) in [5.41, 5.74) is 2.06. The molecule has 0 spiro atoms. The molecule has 0 saturated heterocycles. The highest BCUT2D eigenvalue weighted by Crippen LogP contribution is 2.39. The van der Waals surface area contributed by atoms with E-state index in [4.69, 9.17) is 16.3 Å². The second-order valence-electron chi connectivity index (χ2n) is 6.77. The van der Waals surface area contributed by atoms with Crippen LogP contribution < -0.4 is 4.74 Å². The van der Waals surface area contributed by atoms with Gasteiger partial charge in [-0.05, 0) is 36.4 Å². The van der Waals surface area contributed by atoms with Crippen LogP contribution in [0.2, 0.25) is 5.02 Å². The molecule has 0 radical (unpaired) electrons. The van der Waals surface area contributed by atoms with Crippen LogP contribution in [0.15, 0.2) is 81.4 Å². The van der Waals surface area contributed by atoms with Crippen molar-refractivity contribution in [3.63, 3.8) is 0 Å². The van der Waals surface area contributed by atoms with Gasteiger partial charge in [0, 0.05) is 27.5 Å². The van der Waals surface area contributed by atoms with E-state index in [1.807, 2.05) is 36.4 Å².